The summed E-state index contributed by atoms with van der Waals surface area (Å²) in [6.07, 6.45) is 6.18. The Hall–Kier alpha value is -1.86. The van der Waals surface area contributed by atoms with Crippen molar-refractivity contribution in [2.75, 3.05) is 18.4 Å². The van der Waals surface area contributed by atoms with Gasteiger partial charge >= 0.3 is 0 Å². The van der Waals surface area contributed by atoms with E-state index in [1.807, 2.05) is 0 Å². The lowest BCUT2D eigenvalue weighted by Crippen LogP contribution is -2.46. The molecule has 4 N–H and O–H groups in total. The van der Waals surface area contributed by atoms with Crippen LogP contribution in [0.2, 0.25) is 0 Å². The maximum atomic E-state index is 12.1. The highest BCUT2D eigenvalue weighted by Gasteiger charge is 2.23. The van der Waals surface area contributed by atoms with Crippen LogP contribution in [0.4, 0.5) is 11.4 Å². The normalized spacial score (nSPS) is 15.7. The van der Waals surface area contributed by atoms with Crippen molar-refractivity contribution in [2.24, 2.45) is 11.7 Å². The molecule has 1 aliphatic rings. The maximum absolute atomic E-state index is 12.1. The number of hydrogen-bond donors (Lipinski definition) is 3. The van der Waals surface area contributed by atoms with Gasteiger partial charge in [-0.15, -0.1) is 12.4 Å². The number of anilines is 1. The molecule has 7 nitrogen and oxygen atoms in total. The number of nitrogens with zero attached hydrogens (tertiary/aromatic N) is 1. The highest BCUT2D eigenvalue weighted by molar-refractivity contribution is 5.85. The van der Waals surface area contributed by atoms with Gasteiger partial charge in [-0.25, -0.2) is 0 Å². The molecule has 1 aromatic carbocycles. The molecule has 1 amide bonds. The van der Waals surface area contributed by atoms with Gasteiger partial charge < -0.3 is 16.4 Å². The second kappa shape index (κ2) is 10.9. The third-order valence-corrected chi connectivity index (χ3v) is 4.59. The molecule has 0 heterocycles. The fraction of sp³-hybridized carbons (Fsp3) is 0.588. The van der Waals surface area contributed by atoms with E-state index in [0.29, 0.717) is 24.7 Å². The number of carbonyl (C=O) groups is 1. The number of para-hydroxylation sites is 2. The van der Waals surface area contributed by atoms with E-state index >= 15 is 0 Å². The van der Waals surface area contributed by atoms with E-state index in [2.05, 4.69) is 10.6 Å². The van der Waals surface area contributed by atoms with E-state index in [1.54, 1.807) is 18.2 Å². The zero-order valence-electron chi connectivity index (χ0n) is 14.3. The largest absolute Gasteiger partial charge is 0.379 e. The number of nitro groups is 1. The number of nitrogens with one attached hydrogen (secondary N) is 2. The third kappa shape index (κ3) is 6.51. The van der Waals surface area contributed by atoms with Crippen LogP contribution in [0.25, 0.3) is 0 Å². The van der Waals surface area contributed by atoms with Gasteiger partial charge in [0.25, 0.3) is 5.69 Å². The van der Waals surface area contributed by atoms with Gasteiger partial charge in [0.15, 0.2) is 0 Å². The van der Waals surface area contributed by atoms with Crippen molar-refractivity contribution in [1.29, 1.82) is 0 Å². The Morgan fingerprint density at radius 2 is 1.96 bits per heavy atom. The van der Waals surface area contributed by atoms with Crippen LogP contribution in [0, 0.1) is 16.0 Å². The monoisotopic (exact) mass is 370 g/mol. The van der Waals surface area contributed by atoms with E-state index in [-0.39, 0.29) is 36.5 Å². The summed E-state index contributed by atoms with van der Waals surface area (Å²) in [5.41, 5.74) is 6.26. The van der Waals surface area contributed by atoms with Crippen molar-refractivity contribution in [3.05, 3.63) is 34.4 Å². The molecule has 0 spiro atoms. The molecule has 1 unspecified atom stereocenters. The number of rotatable bonds is 8. The molecular formula is C17H27ClN4O3. The van der Waals surface area contributed by atoms with Crippen molar-refractivity contribution in [2.45, 2.75) is 44.6 Å². The number of nitro benzene ring substituents is 1. The molecule has 0 radical (unpaired) electrons. The first kappa shape index (κ1) is 21.2. The van der Waals surface area contributed by atoms with Crippen molar-refractivity contribution in [3.63, 3.8) is 0 Å². The molecule has 0 aliphatic heterocycles. The summed E-state index contributed by atoms with van der Waals surface area (Å²) in [5.74, 6) is 0.401. The Labute approximate surface area is 154 Å². The average Bonchev–Trinajstić information content (AvgIpc) is 2.60. The molecule has 2 rings (SSSR count). The molecule has 8 heteroatoms. The number of amides is 1. The molecule has 25 heavy (non-hydrogen) atoms. The second-order valence-electron chi connectivity index (χ2n) is 6.26. The van der Waals surface area contributed by atoms with E-state index in [9.17, 15) is 14.9 Å². The first-order valence-electron chi connectivity index (χ1n) is 8.58. The fourth-order valence-electron chi connectivity index (χ4n) is 3.28. The predicted octanol–water partition coefficient (Wildman–Crippen LogP) is 2.84. The molecular weight excluding hydrogens is 344 g/mol. The van der Waals surface area contributed by atoms with Crippen LogP contribution in [-0.4, -0.2) is 30.0 Å². The summed E-state index contributed by atoms with van der Waals surface area (Å²) in [4.78, 5) is 22.6. The molecule has 0 saturated heterocycles. The Bertz CT molecular complexity index is 565. The maximum Gasteiger partial charge on any atom is 0.292 e. The first-order valence-corrected chi connectivity index (χ1v) is 8.58. The summed E-state index contributed by atoms with van der Waals surface area (Å²) in [5, 5.41) is 16.9. The van der Waals surface area contributed by atoms with Gasteiger partial charge in [-0.1, -0.05) is 31.4 Å². The van der Waals surface area contributed by atoms with Gasteiger partial charge in [-0.05, 0) is 24.8 Å². The minimum Gasteiger partial charge on any atom is -0.379 e. The van der Waals surface area contributed by atoms with Crippen LogP contribution in [-0.2, 0) is 4.79 Å². The number of carbonyl (C=O) groups excluding carboxylic acids is 1. The predicted molar refractivity (Wildman–Crippen MR) is 101 cm³/mol. The Morgan fingerprint density at radius 3 is 2.60 bits per heavy atom. The van der Waals surface area contributed by atoms with Gasteiger partial charge in [0.2, 0.25) is 5.91 Å². The number of benzene rings is 1. The van der Waals surface area contributed by atoms with Crippen LogP contribution in [0.5, 0.6) is 0 Å². The van der Waals surface area contributed by atoms with Crippen LogP contribution >= 0.6 is 12.4 Å². The zero-order valence-corrected chi connectivity index (χ0v) is 15.1. The van der Waals surface area contributed by atoms with Crippen molar-refractivity contribution in [3.8, 4) is 0 Å². The lowest BCUT2D eigenvalue weighted by atomic mass is 9.84. The van der Waals surface area contributed by atoms with Gasteiger partial charge in [-0.2, -0.15) is 0 Å². The summed E-state index contributed by atoms with van der Waals surface area (Å²) >= 11 is 0. The SMILES string of the molecule is Cl.NCC(NC(=O)CCNc1ccccc1[N+](=O)[O-])C1CCCCC1. The summed E-state index contributed by atoms with van der Waals surface area (Å²) in [6.45, 7) is 0.798. The van der Waals surface area contributed by atoms with Crippen LogP contribution in [0.3, 0.4) is 0 Å². The quantitative estimate of drug-likeness (QED) is 0.481. The molecule has 140 valence electrons. The van der Waals surface area contributed by atoms with Crippen LogP contribution in [0.15, 0.2) is 24.3 Å². The minimum atomic E-state index is -0.435. The van der Waals surface area contributed by atoms with Crippen LogP contribution < -0.4 is 16.4 Å². The lowest BCUT2D eigenvalue weighted by molar-refractivity contribution is -0.384. The Kier molecular flexibility index (Phi) is 9.23. The van der Waals surface area contributed by atoms with Gasteiger partial charge in [-0.3, -0.25) is 14.9 Å². The Balaban J connectivity index is 0.00000312. The topological polar surface area (TPSA) is 110 Å². The third-order valence-electron chi connectivity index (χ3n) is 4.59. The number of hydrogen-bond acceptors (Lipinski definition) is 5. The average molecular weight is 371 g/mol. The molecule has 1 fully saturated rings. The molecule has 1 saturated carbocycles. The summed E-state index contributed by atoms with van der Waals surface area (Å²) < 4.78 is 0. The molecule has 1 atom stereocenters. The standard InChI is InChI=1S/C17H26N4O3.ClH/c18-12-15(13-6-2-1-3-7-13)20-17(22)10-11-19-14-8-4-5-9-16(14)21(23)24;/h4-5,8-9,13,15,19H,1-3,6-7,10-12,18H2,(H,20,22);1H. The number of nitrogens with two attached hydrogens (primary N) is 1. The van der Waals surface area contributed by atoms with E-state index in [4.69, 9.17) is 5.73 Å². The van der Waals surface area contributed by atoms with Crippen molar-refractivity contribution in [1.82, 2.24) is 5.32 Å². The first-order chi connectivity index (χ1) is 11.6. The van der Waals surface area contributed by atoms with Gasteiger partial charge in [0, 0.05) is 31.6 Å². The van der Waals surface area contributed by atoms with E-state index in [1.165, 1.54) is 25.3 Å². The second-order valence-corrected chi connectivity index (χ2v) is 6.26. The minimum absolute atomic E-state index is 0. The zero-order chi connectivity index (χ0) is 17.4. The molecule has 0 bridgehead atoms. The van der Waals surface area contributed by atoms with Gasteiger partial charge in [0.1, 0.15) is 5.69 Å². The fourth-order valence-corrected chi connectivity index (χ4v) is 3.28. The molecule has 0 aromatic heterocycles. The Morgan fingerprint density at radius 1 is 1.28 bits per heavy atom. The highest BCUT2D eigenvalue weighted by Crippen LogP contribution is 2.26. The molecule has 1 aliphatic carbocycles. The summed E-state index contributed by atoms with van der Waals surface area (Å²) in [7, 11) is 0. The molecule has 1 aromatic rings. The van der Waals surface area contributed by atoms with E-state index < -0.39 is 4.92 Å². The van der Waals surface area contributed by atoms with E-state index in [0.717, 1.165) is 12.8 Å². The number of halogens is 1. The smallest absolute Gasteiger partial charge is 0.292 e. The van der Waals surface area contributed by atoms with Crippen molar-refractivity contribution < 1.29 is 9.72 Å². The lowest BCUT2D eigenvalue weighted by Gasteiger charge is -2.30. The van der Waals surface area contributed by atoms with Crippen molar-refractivity contribution >= 4 is 29.7 Å². The van der Waals surface area contributed by atoms with Crippen LogP contribution in [0.1, 0.15) is 38.5 Å². The summed E-state index contributed by atoms with van der Waals surface area (Å²) in [6, 6.07) is 6.45. The highest BCUT2D eigenvalue weighted by atomic mass is 35.5. The van der Waals surface area contributed by atoms with Gasteiger partial charge in [0.05, 0.1) is 4.92 Å².